The third-order valence-corrected chi connectivity index (χ3v) is 3.18. The standard InChI is InChI=1S/C13H19NO/c1-10(2)13-8-12(15)9-14(13)11-6-4-3-5-7-11/h3-7,10,12-13,15H,8-9H2,1-2H3. The second kappa shape index (κ2) is 4.23. The maximum Gasteiger partial charge on any atom is 0.0734 e. The lowest BCUT2D eigenvalue weighted by molar-refractivity contribution is 0.191. The first-order valence-electron chi connectivity index (χ1n) is 5.68. The first-order chi connectivity index (χ1) is 7.18. The fraction of sp³-hybridized carbons (Fsp3) is 0.538. The summed E-state index contributed by atoms with van der Waals surface area (Å²) < 4.78 is 0. The molecule has 82 valence electrons. The van der Waals surface area contributed by atoms with Gasteiger partial charge in [-0.3, -0.25) is 0 Å². The fourth-order valence-electron chi connectivity index (χ4n) is 2.39. The molecule has 1 aliphatic rings. The molecule has 1 N–H and O–H groups in total. The predicted octanol–water partition coefficient (Wildman–Crippen LogP) is 2.28. The number of hydrogen-bond donors (Lipinski definition) is 1. The molecule has 1 aromatic carbocycles. The molecule has 0 amide bonds. The zero-order valence-electron chi connectivity index (χ0n) is 9.43. The molecule has 2 unspecified atom stereocenters. The smallest absolute Gasteiger partial charge is 0.0734 e. The number of rotatable bonds is 2. The Morgan fingerprint density at radius 3 is 2.53 bits per heavy atom. The summed E-state index contributed by atoms with van der Waals surface area (Å²) in [4.78, 5) is 2.33. The minimum Gasteiger partial charge on any atom is -0.391 e. The summed E-state index contributed by atoms with van der Waals surface area (Å²) in [5.41, 5.74) is 1.23. The summed E-state index contributed by atoms with van der Waals surface area (Å²) in [5, 5.41) is 9.74. The molecule has 1 heterocycles. The van der Waals surface area contributed by atoms with Crippen LogP contribution in [0.15, 0.2) is 30.3 Å². The molecule has 2 rings (SSSR count). The van der Waals surface area contributed by atoms with Gasteiger partial charge in [-0.05, 0) is 24.5 Å². The van der Waals surface area contributed by atoms with Crippen LogP contribution in [0.3, 0.4) is 0 Å². The Labute approximate surface area is 91.5 Å². The van der Waals surface area contributed by atoms with Gasteiger partial charge in [0.1, 0.15) is 0 Å². The van der Waals surface area contributed by atoms with E-state index < -0.39 is 0 Å². The van der Waals surface area contributed by atoms with Crippen molar-refractivity contribution in [2.24, 2.45) is 5.92 Å². The van der Waals surface area contributed by atoms with Gasteiger partial charge in [-0.1, -0.05) is 32.0 Å². The fourth-order valence-corrected chi connectivity index (χ4v) is 2.39. The number of nitrogens with zero attached hydrogens (tertiary/aromatic N) is 1. The molecule has 0 spiro atoms. The molecule has 0 saturated carbocycles. The zero-order valence-corrected chi connectivity index (χ0v) is 9.43. The lowest BCUT2D eigenvalue weighted by Gasteiger charge is -2.29. The highest BCUT2D eigenvalue weighted by Gasteiger charge is 2.32. The van der Waals surface area contributed by atoms with Gasteiger partial charge in [0.25, 0.3) is 0 Å². The van der Waals surface area contributed by atoms with Gasteiger partial charge in [0.15, 0.2) is 0 Å². The van der Waals surface area contributed by atoms with Crippen molar-refractivity contribution in [2.45, 2.75) is 32.4 Å². The molecule has 1 aromatic rings. The maximum atomic E-state index is 9.74. The van der Waals surface area contributed by atoms with E-state index >= 15 is 0 Å². The average Bonchev–Trinajstić information content (AvgIpc) is 2.62. The summed E-state index contributed by atoms with van der Waals surface area (Å²) in [6, 6.07) is 10.8. The van der Waals surface area contributed by atoms with Crippen LogP contribution in [-0.2, 0) is 0 Å². The van der Waals surface area contributed by atoms with E-state index in [1.807, 2.05) is 6.07 Å². The van der Waals surface area contributed by atoms with Crippen LogP contribution in [0, 0.1) is 5.92 Å². The van der Waals surface area contributed by atoms with Crippen molar-refractivity contribution in [3.8, 4) is 0 Å². The van der Waals surface area contributed by atoms with Crippen LogP contribution in [0.4, 0.5) is 5.69 Å². The normalized spacial score (nSPS) is 26.3. The van der Waals surface area contributed by atoms with Gasteiger partial charge < -0.3 is 10.0 Å². The minimum absolute atomic E-state index is 0.169. The molecular formula is C13H19NO. The van der Waals surface area contributed by atoms with Gasteiger partial charge in [-0.25, -0.2) is 0 Å². The minimum atomic E-state index is -0.169. The molecule has 2 atom stereocenters. The average molecular weight is 205 g/mol. The van der Waals surface area contributed by atoms with Crippen molar-refractivity contribution in [3.63, 3.8) is 0 Å². The predicted molar refractivity (Wildman–Crippen MR) is 63.0 cm³/mol. The van der Waals surface area contributed by atoms with Crippen molar-refractivity contribution < 1.29 is 5.11 Å². The number of aliphatic hydroxyl groups excluding tert-OH is 1. The van der Waals surface area contributed by atoms with E-state index in [9.17, 15) is 5.11 Å². The zero-order chi connectivity index (χ0) is 10.8. The largest absolute Gasteiger partial charge is 0.391 e. The summed E-state index contributed by atoms with van der Waals surface area (Å²) >= 11 is 0. The molecular weight excluding hydrogens is 186 g/mol. The van der Waals surface area contributed by atoms with E-state index in [4.69, 9.17) is 0 Å². The topological polar surface area (TPSA) is 23.5 Å². The molecule has 2 heteroatoms. The molecule has 1 aliphatic heterocycles. The van der Waals surface area contributed by atoms with Gasteiger partial charge in [0.05, 0.1) is 6.10 Å². The SMILES string of the molecule is CC(C)C1CC(O)CN1c1ccccc1. The second-order valence-electron chi connectivity index (χ2n) is 4.69. The number of benzene rings is 1. The van der Waals surface area contributed by atoms with E-state index in [-0.39, 0.29) is 6.10 Å². The first kappa shape index (κ1) is 10.5. The van der Waals surface area contributed by atoms with Gasteiger partial charge in [0, 0.05) is 18.3 Å². The van der Waals surface area contributed by atoms with E-state index in [2.05, 4.69) is 43.0 Å². The molecule has 15 heavy (non-hydrogen) atoms. The molecule has 0 aliphatic carbocycles. The van der Waals surface area contributed by atoms with Gasteiger partial charge in [-0.2, -0.15) is 0 Å². The van der Waals surface area contributed by atoms with Crippen molar-refractivity contribution in [2.75, 3.05) is 11.4 Å². The number of β-amino-alcohol motifs (C(OH)–C–C–N with tert-alkyl or cyclic N) is 1. The van der Waals surface area contributed by atoms with Gasteiger partial charge in [0.2, 0.25) is 0 Å². The second-order valence-corrected chi connectivity index (χ2v) is 4.69. The summed E-state index contributed by atoms with van der Waals surface area (Å²) in [6.45, 7) is 5.21. The Morgan fingerprint density at radius 1 is 1.27 bits per heavy atom. The van der Waals surface area contributed by atoms with E-state index in [1.54, 1.807) is 0 Å². The van der Waals surface area contributed by atoms with E-state index in [0.717, 1.165) is 13.0 Å². The quantitative estimate of drug-likeness (QED) is 0.800. The van der Waals surface area contributed by atoms with Crippen LogP contribution >= 0.6 is 0 Å². The maximum absolute atomic E-state index is 9.74. The Kier molecular flexibility index (Phi) is 2.96. The Hall–Kier alpha value is -1.02. The number of para-hydroxylation sites is 1. The first-order valence-corrected chi connectivity index (χ1v) is 5.68. The van der Waals surface area contributed by atoms with Crippen molar-refractivity contribution in [1.29, 1.82) is 0 Å². The number of aliphatic hydroxyl groups is 1. The lowest BCUT2D eigenvalue weighted by Crippen LogP contribution is -2.33. The Balaban J connectivity index is 2.21. The number of anilines is 1. The van der Waals surface area contributed by atoms with Crippen LogP contribution < -0.4 is 4.90 Å². The summed E-state index contributed by atoms with van der Waals surface area (Å²) in [6.07, 6.45) is 0.727. The van der Waals surface area contributed by atoms with Crippen LogP contribution in [0.5, 0.6) is 0 Å². The van der Waals surface area contributed by atoms with Crippen molar-refractivity contribution >= 4 is 5.69 Å². The number of hydrogen-bond acceptors (Lipinski definition) is 2. The summed E-state index contributed by atoms with van der Waals surface area (Å²) in [5.74, 6) is 0.586. The van der Waals surface area contributed by atoms with Crippen molar-refractivity contribution in [3.05, 3.63) is 30.3 Å². The Morgan fingerprint density at radius 2 is 1.93 bits per heavy atom. The summed E-state index contributed by atoms with van der Waals surface area (Å²) in [7, 11) is 0. The molecule has 2 nitrogen and oxygen atoms in total. The van der Waals surface area contributed by atoms with Crippen LogP contribution in [0.2, 0.25) is 0 Å². The molecule has 0 aromatic heterocycles. The molecule has 0 radical (unpaired) electrons. The van der Waals surface area contributed by atoms with E-state index in [0.29, 0.717) is 12.0 Å². The highest BCUT2D eigenvalue weighted by Crippen LogP contribution is 2.29. The van der Waals surface area contributed by atoms with Gasteiger partial charge in [-0.15, -0.1) is 0 Å². The van der Waals surface area contributed by atoms with E-state index in [1.165, 1.54) is 5.69 Å². The monoisotopic (exact) mass is 205 g/mol. The lowest BCUT2D eigenvalue weighted by atomic mass is 10.0. The van der Waals surface area contributed by atoms with Gasteiger partial charge >= 0.3 is 0 Å². The Bertz CT molecular complexity index is 310. The van der Waals surface area contributed by atoms with Crippen LogP contribution in [-0.4, -0.2) is 23.8 Å². The van der Waals surface area contributed by atoms with Crippen LogP contribution in [0.25, 0.3) is 0 Å². The third kappa shape index (κ3) is 2.15. The highest BCUT2D eigenvalue weighted by atomic mass is 16.3. The molecule has 0 bridgehead atoms. The highest BCUT2D eigenvalue weighted by molar-refractivity contribution is 5.48. The third-order valence-electron chi connectivity index (χ3n) is 3.18. The van der Waals surface area contributed by atoms with Crippen LogP contribution in [0.1, 0.15) is 20.3 Å². The molecule has 1 fully saturated rings. The molecule has 1 saturated heterocycles. The van der Waals surface area contributed by atoms with Crippen molar-refractivity contribution in [1.82, 2.24) is 0 Å².